The van der Waals surface area contributed by atoms with Gasteiger partial charge in [0.15, 0.2) is 0 Å². The van der Waals surface area contributed by atoms with E-state index in [0.717, 1.165) is 0 Å². The van der Waals surface area contributed by atoms with Crippen LogP contribution in [0.3, 0.4) is 0 Å². The van der Waals surface area contributed by atoms with Crippen molar-refractivity contribution in [2.75, 3.05) is 18.5 Å². The molecule has 0 aliphatic carbocycles. The van der Waals surface area contributed by atoms with Crippen LogP contribution in [0.25, 0.3) is 0 Å². The van der Waals surface area contributed by atoms with Crippen molar-refractivity contribution in [1.82, 2.24) is 10.2 Å². The minimum Gasteiger partial charge on any atom is -0.353 e. The molecule has 0 spiro atoms. The fourth-order valence-corrected chi connectivity index (χ4v) is 2.01. The maximum absolute atomic E-state index is 12.4. The Balaban J connectivity index is 2.27. The number of anilines is 1. The number of nitrogen functional groups attached to an aromatic ring is 1. The predicted molar refractivity (Wildman–Crippen MR) is 67.8 cm³/mol. The molecule has 1 aromatic rings. The average molecular weight is 248 g/mol. The third kappa shape index (κ3) is 2.14. The summed E-state index contributed by atoms with van der Waals surface area (Å²) in [5, 5.41) is 2.72. The van der Waals surface area contributed by atoms with Gasteiger partial charge in [-0.05, 0) is 19.1 Å². The molecule has 1 atom stereocenters. The van der Waals surface area contributed by atoms with E-state index in [4.69, 9.17) is 5.84 Å². The third-order valence-corrected chi connectivity index (χ3v) is 3.07. The van der Waals surface area contributed by atoms with Gasteiger partial charge in [-0.2, -0.15) is 0 Å². The van der Waals surface area contributed by atoms with Crippen LogP contribution in [0.2, 0.25) is 0 Å². The smallest absolute Gasteiger partial charge is 0.256 e. The zero-order chi connectivity index (χ0) is 13.1. The minimum atomic E-state index is -0.461. The third-order valence-electron chi connectivity index (χ3n) is 3.07. The number of para-hydroxylation sites is 1. The van der Waals surface area contributed by atoms with E-state index in [1.807, 2.05) is 0 Å². The maximum Gasteiger partial charge on any atom is 0.256 e. The van der Waals surface area contributed by atoms with Crippen molar-refractivity contribution in [3.05, 3.63) is 29.8 Å². The van der Waals surface area contributed by atoms with E-state index in [1.54, 1.807) is 36.1 Å². The first kappa shape index (κ1) is 12.4. The summed E-state index contributed by atoms with van der Waals surface area (Å²) >= 11 is 0. The number of hydrogen-bond donors (Lipinski definition) is 3. The van der Waals surface area contributed by atoms with E-state index in [2.05, 4.69) is 10.7 Å². The van der Waals surface area contributed by atoms with Gasteiger partial charge in [-0.3, -0.25) is 15.4 Å². The Morgan fingerprint density at radius 1 is 1.50 bits per heavy atom. The van der Waals surface area contributed by atoms with Gasteiger partial charge in [-0.25, -0.2) is 0 Å². The summed E-state index contributed by atoms with van der Waals surface area (Å²) in [6, 6.07) is 6.51. The molecule has 2 rings (SSSR count). The van der Waals surface area contributed by atoms with Crippen molar-refractivity contribution in [2.45, 2.75) is 13.0 Å². The molecule has 2 amide bonds. The van der Waals surface area contributed by atoms with E-state index >= 15 is 0 Å². The van der Waals surface area contributed by atoms with Gasteiger partial charge in [0.05, 0.1) is 11.3 Å². The van der Waals surface area contributed by atoms with Crippen molar-refractivity contribution in [3.8, 4) is 0 Å². The molecule has 0 radical (unpaired) electrons. The standard InChI is InChI=1S/C12H16N4O2/c1-8-11(17)14-6-7-16(8)12(18)9-4-2-3-5-10(9)15-13/h2-5,8,15H,6-7,13H2,1H3,(H,14,17). The Kier molecular flexibility index (Phi) is 3.47. The van der Waals surface area contributed by atoms with Gasteiger partial charge in [0.2, 0.25) is 5.91 Å². The first-order chi connectivity index (χ1) is 8.65. The number of carbonyl (C=O) groups excluding carboxylic acids is 2. The second-order valence-electron chi connectivity index (χ2n) is 4.16. The number of benzene rings is 1. The molecule has 1 saturated heterocycles. The highest BCUT2D eigenvalue weighted by molar-refractivity contribution is 6.02. The topological polar surface area (TPSA) is 87.5 Å². The van der Waals surface area contributed by atoms with Crippen molar-refractivity contribution in [1.29, 1.82) is 0 Å². The first-order valence-electron chi connectivity index (χ1n) is 5.79. The van der Waals surface area contributed by atoms with Gasteiger partial charge in [0.1, 0.15) is 6.04 Å². The van der Waals surface area contributed by atoms with E-state index in [1.165, 1.54) is 0 Å². The molecule has 96 valence electrons. The monoisotopic (exact) mass is 248 g/mol. The van der Waals surface area contributed by atoms with Gasteiger partial charge in [-0.1, -0.05) is 12.1 Å². The average Bonchev–Trinajstić information content (AvgIpc) is 2.41. The van der Waals surface area contributed by atoms with Crippen LogP contribution in [-0.2, 0) is 4.79 Å². The number of hydrazine groups is 1. The fraction of sp³-hybridized carbons (Fsp3) is 0.333. The van der Waals surface area contributed by atoms with Crippen molar-refractivity contribution in [2.24, 2.45) is 5.84 Å². The molecule has 6 heteroatoms. The molecule has 1 fully saturated rings. The van der Waals surface area contributed by atoms with Crippen LogP contribution in [0.5, 0.6) is 0 Å². The summed E-state index contributed by atoms with van der Waals surface area (Å²) in [5.41, 5.74) is 3.52. The zero-order valence-electron chi connectivity index (χ0n) is 10.1. The van der Waals surface area contributed by atoms with Gasteiger partial charge in [0, 0.05) is 13.1 Å². The zero-order valence-corrected chi connectivity index (χ0v) is 10.1. The highest BCUT2D eigenvalue weighted by Gasteiger charge is 2.30. The van der Waals surface area contributed by atoms with Crippen LogP contribution in [0.15, 0.2) is 24.3 Å². The number of hydrogen-bond acceptors (Lipinski definition) is 4. The number of rotatable bonds is 2. The van der Waals surface area contributed by atoms with Crippen LogP contribution in [0.4, 0.5) is 5.69 Å². The molecule has 1 aliphatic rings. The maximum atomic E-state index is 12.4. The van der Waals surface area contributed by atoms with Gasteiger partial charge in [-0.15, -0.1) is 0 Å². The van der Waals surface area contributed by atoms with E-state index in [9.17, 15) is 9.59 Å². The molecule has 1 heterocycles. The second-order valence-corrected chi connectivity index (χ2v) is 4.16. The molecule has 6 nitrogen and oxygen atoms in total. The van der Waals surface area contributed by atoms with Crippen LogP contribution in [0.1, 0.15) is 17.3 Å². The van der Waals surface area contributed by atoms with Gasteiger partial charge < -0.3 is 15.6 Å². The highest BCUT2D eigenvalue weighted by atomic mass is 16.2. The van der Waals surface area contributed by atoms with Crippen molar-refractivity contribution >= 4 is 17.5 Å². The van der Waals surface area contributed by atoms with E-state index in [0.29, 0.717) is 24.3 Å². The number of nitrogens with one attached hydrogen (secondary N) is 2. The molecular formula is C12H16N4O2. The summed E-state index contributed by atoms with van der Waals surface area (Å²) in [5.74, 6) is 5.06. The lowest BCUT2D eigenvalue weighted by molar-refractivity contribution is -0.127. The van der Waals surface area contributed by atoms with Gasteiger partial charge in [0.25, 0.3) is 5.91 Å². The summed E-state index contributed by atoms with van der Waals surface area (Å²) in [6.07, 6.45) is 0. The Hall–Kier alpha value is -2.08. The predicted octanol–water partition coefficient (Wildman–Crippen LogP) is -0.0673. The molecule has 0 saturated carbocycles. The molecule has 18 heavy (non-hydrogen) atoms. The van der Waals surface area contributed by atoms with Crippen molar-refractivity contribution in [3.63, 3.8) is 0 Å². The Morgan fingerprint density at radius 2 is 2.22 bits per heavy atom. The number of nitrogens with zero attached hydrogens (tertiary/aromatic N) is 1. The van der Waals surface area contributed by atoms with Crippen molar-refractivity contribution < 1.29 is 9.59 Å². The van der Waals surface area contributed by atoms with E-state index in [-0.39, 0.29) is 11.8 Å². The summed E-state index contributed by atoms with van der Waals surface area (Å²) in [4.78, 5) is 25.5. The Labute approximate surface area is 105 Å². The van der Waals surface area contributed by atoms with Crippen LogP contribution in [0, 0.1) is 0 Å². The van der Waals surface area contributed by atoms with E-state index < -0.39 is 6.04 Å². The lowest BCUT2D eigenvalue weighted by Gasteiger charge is -2.33. The van der Waals surface area contributed by atoms with Crippen LogP contribution < -0.4 is 16.6 Å². The lowest BCUT2D eigenvalue weighted by atomic mass is 10.1. The molecule has 1 unspecified atom stereocenters. The second kappa shape index (κ2) is 5.05. The molecule has 0 aromatic heterocycles. The number of carbonyl (C=O) groups is 2. The SMILES string of the molecule is CC1C(=O)NCCN1C(=O)c1ccccc1NN. The highest BCUT2D eigenvalue weighted by Crippen LogP contribution is 2.18. The van der Waals surface area contributed by atoms with Crippen LogP contribution in [-0.4, -0.2) is 35.8 Å². The number of amides is 2. The molecule has 4 N–H and O–H groups in total. The Morgan fingerprint density at radius 3 is 2.94 bits per heavy atom. The number of nitrogens with two attached hydrogens (primary N) is 1. The summed E-state index contributed by atoms with van der Waals surface area (Å²) < 4.78 is 0. The first-order valence-corrected chi connectivity index (χ1v) is 5.79. The van der Waals surface area contributed by atoms with Crippen LogP contribution >= 0.6 is 0 Å². The molecule has 1 aliphatic heterocycles. The summed E-state index contributed by atoms with van der Waals surface area (Å²) in [7, 11) is 0. The number of piperazine rings is 1. The summed E-state index contributed by atoms with van der Waals surface area (Å²) in [6.45, 7) is 2.70. The Bertz CT molecular complexity index is 475. The molecular weight excluding hydrogens is 232 g/mol. The fourth-order valence-electron chi connectivity index (χ4n) is 2.01. The van der Waals surface area contributed by atoms with Gasteiger partial charge >= 0.3 is 0 Å². The minimum absolute atomic E-state index is 0.132. The molecule has 0 bridgehead atoms. The normalized spacial score (nSPS) is 19.3. The largest absolute Gasteiger partial charge is 0.353 e. The molecule has 1 aromatic carbocycles. The lowest BCUT2D eigenvalue weighted by Crippen LogP contribution is -2.55. The quantitative estimate of drug-likeness (QED) is 0.505.